The summed E-state index contributed by atoms with van der Waals surface area (Å²) in [6, 6.07) is -0.465. The molecule has 3 N–H and O–H groups in total. The molecule has 3 amide bonds. The number of piperidine rings is 1. The van der Waals surface area contributed by atoms with Gasteiger partial charge in [0, 0.05) is 19.6 Å². The molecule has 0 radical (unpaired) electrons. The molecule has 0 spiro atoms. The Morgan fingerprint density at radius 2 is 2.35 bits per heavy atom. The molecule has 1 aliphatic heterocycles. The van der Waals surface area contributed by atoms with Crippen LogP contribution >= 0.6 is 0 Å². The topological polar surface area (TPSA) is 106 Å². The summed E-state index contributed by atoms with van der Waals surface area (Å²) in [5.41, 5.74) is 5.25. The summed E-state index contributed by atoms with van der Waals surface area (Å²) in [6.07, 6.45) is 3.21. The Kier molecular flexibility index (Phi) is 4.54. The Morgan fingerprint density at radius 1 is 1.55 bits per heavy atom. The Balaban J connectivity index is 1.87. The molecule has 20 heavy (non-hydrogen) atoms. The lowest BCUT2D eigenvalue weighted by Crippen LogP contribution is -2.47. The predicted molar refractivity (Wildman–Crippen MR) is 71.4 cm³/mol. The SMILES string of the molecule is CCn1cnnc1CNC(=O)[C@@H]1CCCN(C(N)=O)C1. The average Bonchev–Trinajstić information content (AvgIpc) is 2.92. The molecule has 0 bridgehead atoms. The van der Waals surface area contributed by atoms with E-state index in [1.54, 1.807) is 6.33 Å². The number of rotatable bonds is 4. The van der Waals surface area contributed by atoms with Crippen LogP contribution in [0, 0.1) is 5.92 Å². The molecular formula is C12H20N6O2. The highest BCUT2D eigenvalue weighted by molar-refractivity contribution is 5.80. The minimum absolute atomic E-state index is 0.0680. The number of nitrogens with one attached hydrogen (secondary N) is 1. The molecule has 2 rings (SSSR count). The first-order chi connectivity index (χ1) is 9.61. The maximum atomic E-state index is 12.1. The third-order valence-corrected chi connectivity index (χ3v) is 3.56. The smallest absolute Gasteiger partial charge is 0.314 e. The van der Waals surface area contributed by atoms with Gasteiger partial charge in [0.05, 0.1) is 12.5 Å². The molecule has 1 fully saturated rings. The minimum Gasteiger partial charge on any atom is -0.351 e. The Labute approximate surface area is 117 Å². The van der Waals surface area contributed by atoms with Gasteiger partial charge in [-0.15, -0.1) is 10.2 Å². The number of aromatic nitrogens is 3. The van der Waals surface area contributed by atoms with E-state index < -0.39 is 6.03 Å². The Bertz CT molecular complexity index is 486. The summed E-state index contributed by atoms with van der Waals surface area (Å²) < 4.78 is 1.87. The van der Waals surface area contributed by atoms with Crippen LogP contribution in [0.25, 0.3) is 0 Å². The van der Waals surface area contributed by atoms with Gasteiger partial charge >= 0.3 is 6.03 Å². The molecule has 0 unspecified atom stereocenters. The predicted octanol–water partition coefficient (Wildman–Crippen LogP) is -0.295. The van der Waals surface area contributed by atoms with Gasteiger partial charge in [0.2, 0.25) is 5.91 Å². The number of aryl methyl sites for hydroxylation is 1. The third kappa shape index (κ3) is 3.25. The zero-order valence-corrected chi connectivity index (χ0v) is 11.6. The summed E-state index contributed by atoms with van der Waals surface area (Å²) in [5.74, 6) is 0.458. The summed E-state index contributed by atoms with van der Waals surface area (Å²) in [4.78, 5) is 24.8. The fourth-order valence-corrected chi connectivity index (χ4v) is 2.38. The van der Waals surface area contributed by atoms with E-state index in [0.717, 1.165) is 25.2 Å². The maximum absolute atomic E-state index is 12.1. The number of carbonyl (C=O) groups is 2. The van der Waals surface area contributed by atoms with Crippen LogP contribution in [0.15, 0.2) is 6.33 Å². The van der Waals surface area contributed by atoms with E-state index in [2.05, 4.69) is 15.5 Å². The van der Waals surface area contributed by atoms with Gasteiger partial charge in [-0.3, -0.25) is 4.79 Å². The number of hydrogen-bond acceptors (Lipinski definition) is 4. The van der Waals surface area contributed by atoms with E-state index in [-0.39, 0.29) is 11.8 Å². The van der Waals surface area contributed by atoms with Crippen molar-refractivity contribution >= 4 is 11.9 Å². The lowest BCUT2D eigenvalue weighted by atomic mass is 9.97. The highest BCUT2D eigenvalue weighted by Gasteiger charge is 2.27. The molecule has 1 saturated heterocycles. The number of urea groups is 1. The third-order valence-electron chi connectivity index (χ3n) is 3.56. The molecule has 1 atom stereocenters. The standard InChI is InChI=1S/C12H20N6O2/c1-2-17-8-15-16-10(17)6-14-11(19)9-4-3-5-18(7-9)12(13)20/h8-9H,2-7H2,1H3,(H2,13,20)(H,14,19)/t9-/m1/s1. The molecule has 110 valence electrons. The molecule has 8 heteroatoms. The van der Waals surface area contributed by atoms with Crippen LogP contribution in [0.2, 0.25) is 0 Å². The van der Waals surface area contributed by atoms with Gasteiger partial charge in [0.25, 0.3) is 0 Å². The van der Waals surface area contributed by atoms with Gasteiger partial charge < -0.3 is 20.5 Å². The van der Waals surface area contributed by atoms with Gasteiger partial charge in [-0.25, -0.2) is 4.79 Å². The highest BCUT2D eigenvalue weighted by atomic mass is 16.2. The summed E-state index contributed by atoms with van der Waals surface area (Å²) in [7, 11) is 0. The van der Waals surface area contributed by atoms with E-state index in [4.69, 9.17) is 5.73 Å². The van der Waals surface area contributed by atoms with Crippen molar-refractivity contribution in [2.24, 2.45) is 11.7 Å². The summed E-state index contributed by atoms with van der Waals surface area (Å²) >= 11 is 0. The highest BCUT2D eigenvalue weighted by Crippen LogP contribution is 2.16. The van der Waals surface area contributed by atoms with E-state index in [1.807, 2.05) is 11.5 Å². The number of likely N-dealkylation sites (tertiary alicyclic amines) is 1. The second-order valence-corrected chi connectivity index (χ2v) is 4.87. The van der Waals surface area contributed by atoms with Crippen LogP contribution in [0.4, 0.5) is 4.79 Å². The zero-order chi connectivity index (χ0) is 14.5. The number of hydrogen-bond donors (Lipinski definition) is 2. The molecule has 8 nitrogen and oxygen atoms in total. The fraction of sp³-hybridized carbons (Fsp3) is 0.667. The number of nitrogens with two attached hydrogens (primary N) is 1. The van der Waals surface area contributed by atoms with E-state index in [1.165, 1.54) is 4.90 Å². The lowest BCUT2D eigenvalue weighted by Gasteiger charge is -2.30. The second kappa shape index (κ2) is 6.36. The molecule has 0 saturated carbocycles. The van der Waals surface area contributed by atoms with Crippen LogP contribution in [-0.4, -0.2) is 44.7 Å². The van der Waals surface area contributed by atoms with E-state index >= 15 is 0 Å². The van der Waals surface area contributed by atoms with Crippen molar-refractivity contribution in [3.8, 4) is 0 Å². The largest absolute Gasteiger partial charge is 0.351 e. The normalized spacial score (nSPS) is 18.9. The van der Waals surface area contributed by atoms with Crippen LogP contribution in [0.3, 0.4) is 0 Å². The molecule has 1 aliphatic rings. The zero-order valence-electron chi connectivity index (χ0n) is 11.6. The first-order valence-electron chi connectivity index (χ1n) is 6.80. The van der Waals surface area contributed by atoms with Gasteiger partial charge in [-0.2, -0.15) is 0 Å². The summed E-state index contributed by atoms with van der Waals surface area (Å²) in [6.45, 7) is 4.11. The first-order valence-corrected chi connectivity index (χ1v) is 6.80. The van der Waals surface area contributed by atoms with Crippen molar-refractivity contribution in [2.45, 2.75) is 32.9 Å². The molecule has 2 heterocycles. The van der Waals surface area contributed by atoms with Crippen molar-refractivity contribution in [1.82, 2.24) is 25.0 Å². The van der Waals surface area contributed by atoms with E-state index in [9.17, 15) is 9.59 Å². The van der Waals surface area contributed by atoms with Crippen LogP contribution in [-0.2, 0) is 17.9 Å². The summed E-state index contributed by atoms with van der Waals surface area (Å²) in [5, 5.41) is 10.6. The van der Waals surface area contributed by atoms with Gasteiger partial charge in [0.15, 0.2) is 5.82 Å². The molecule has 1 aromatic rings. The fourth-order valence-electron chi connectivity index (χ4n) is 2.38. The maximum Gasteiger partial charge on any atom is 0.314 e. The minimum atomic E-state index is -0.465. The van der Waals surface area contributed by atoms with Crippen molar-refractivity contribution in [3.63, 3.8) is 0 Å². The van der Waals surface area contributed by atoms with Crippen molar-refractivity contribution in [3.05, 3.63) is 12.2 Å². The Morgan fingerprint density at radius 3 is 3.05 bits per heavy atom. The van der Waals surface area contributed by atoms with Crippen molar-refractivity contribution in [2.75, 3.05) is 13.1 Å². The quantitative estimate of drug-likeness (QED) is 0.790. The molecule has 1 aromatic heterocycles. The average molecular weight is 280 g/mol. The number of amides is 3. The number of nitrogens with zero attached hydrogens (tertiary/aromatic N) is 4. The molecule has 0 aromatic carbocycles. The van der Waals surface area contributed by atoms with Crippen molar-refractivity contribution < 1.29 is 9.59 Å². The van der Waals surface area contributed by atoms with Gasteiger partial charge in [-0.1, -0.05) is 0 Å². The first kappa shape index (κ1) is 14.3. The monoisotopic (exact) mass is 280 g/mol. The number of carbonyl (C=O) groups excluding carboxylic acids is 2. The number of primary amides is 1. The molecule has 0 aliphatic carbocycles. The Hall–Kier alpha value is -2.12. The van der Waals surface area contributed by atoms with E-state index in [0.29, 0.717) is 19.6 Å². The van der Waals surface area contributed by atoms with Crippen molar-refractivity contribution in [1.29, 1.82) is 0 Å². The van der Waals surface area contributed by atoms with Crippen LogP contribution in [0.1, 0.15) is 25.6 Å². The second-order valence-electron chi connectivity index (χ2n) is 4.87. The van der Waals surface area contributed by atoms with Crippen LogP contribution < -0.4 is 11.1 Å². The lowest BCUT2D eigenvalue weighted by molar-refractivity contribution is -0.126. The molecular weight excluding hydrogens is 260 g/mol. The van der Waals surface area contributed by atoms with Gasteiger partial charge in [0.1, 0.15) is 6.33 Å². The van der Waals surface area contributed by atoms with Gasteiger partial charge in [-0.05, 0) is 19.8 Å². The van der Waals surface area contributed by atoms with Crippen LogP contribution in [0.5, 0.6) is 0 Å².